The van der Waals surface area contributed by atoms with E-state index in [0.717, 1.165) is 49.1 Å². The first-order valence-electron chi connectivity index (χ1n) is 19.3. The molecule has 0 bridgehead atoms. The minimum absolute atomic E-state index is 0.0314. The molecule has 0 amide bonds. The van der Waals surface area contributed by atoms with Crippen LogP contribution in [0.3, 0.4) is 0 Å². The first-order chi connectivity index (χ1) is 25.8. The number of aliphatic carboxylic acids is 1. The third-order valence-corrected chi connectivity index (χ3v) is 8.43. The average molecular weight is 769 g/mol. The number of ketones is 2. The predicted molar refractivity (Wildman–Crippen MR) is 227 cm³/mol. The fraction of sp³-hybridized carbons (Fsp3) is 0.478. The highest BCUT2D eigenvalue weighted by Crippen LogP contribution is 2.28. The number of allylic oxidation sites excluding steroid dienone is 6. The van der Waals surface area contributed by atoms with Crippen LogP contribution in [0, 0.1) is 12.7 Å². The summed E-state index contributed by atoms with van der Waals surface area (Å²) < 4.78 is 40.0. The van der Waals surface area contributed by atoms with Gasteiger partial charge in [0, 0.05) is 48.5 Å². The number of carboxylic acid groups (broad SMARTS) is 1. The zero-order chi connectivity index (χ0) is 42.9. The highest BCUT2D eigenvalue weighted by Gasteiger charge is 2.30. The second-order valence-corrected chi connectivity index (χ2v) is 13.1. The number of hydrogen-bond acceptors (Lipinski definition) is 5. The van der Waals surface area contributed by atoms with Gasteiger partial charge in [0.2, 0.25) is 0 Å². The van der Waals surface area contributed by atoms with Crippen molar-refractivity contribution >= 4 is 35.0 Å². The molecule has 2 N–H and O–H groups in total. The van der Waals surface area contributed by atoms with Crippen molar-refractivity contribution in [1.29, 1.82) is 0 Å². The molecule has 0 saturated carbocycles. The summed E-state index contributed by atoms with van der Waals surface area (Å²) in [5, 5.41) is 10.3. The lowest BCUT2D eigenvalue weighted by Gasteiger charge is -2.22. The molecule has 0 radical (unpaired) electrons. The molecular formula is C46H67F3N2O4. The van der Waals surface area contributed by atoms with Crippen LogP contribution in [0.25, 0.3) is 6.08 Å². The number of carbonyl (C=O) groups excluding carboxylic acids is 2. The number of halogens is 3. The third-order valence-electron chi connectivity index (χ3n) is 8.43. The van der Waals surface area contributed by atoms with Gasteiger partial charge in [-0.05, 0) is 95.2 Å². The van der Waals surface area contributed by atoms with E-state index in [2.05, 4.69) is 62.3 Å². The molecule has 2 aromatic rings. The number of Topliss-reactive ketones (excluding diaryl/α,β-unsaturated/α-hetero) is 2. The number of anilines is 1. The maximum absolute atomic E-state index is 13.8. The van der Waals surface area contributed by atoms with Crippen molar-refractivity contribution in [1.82, 2.24) is 0 Å². The minimum atomic E-state index is -2.91. The molecule has 306 valence electrons. The molecule has 0 heterocycles. The zero-order valence-corrected chi connectivity index (χ0v) is 35.8. The van der Waals surface area contributed by atoms with Crippen molar-refractivity contribution in [3.05, 3.63) is 106 Å². The number of aryl methyl sites for hydroxylation is 1. The van der Waals surface area contributed by atoms with E-state index in [4.69, 9.17) is 5.11 Å². The van der Waals surface area contributed by atoms with Crippen LogP contribution in [0.4, 0.5) is 18.9 Å². The summed E-state index contributed by atoms with van der Waals surface area (Å²) in [6, 6.07) is 9.82. The lowest BCUT2D eigenvalue weighted by Crippen LogP contribution is -2.34. The molecule has 9 heteroatoms. The Balaban J connectivity index is 0. The third kappa shape index (κ3) is 20.1. The lowest BCUT2D eigenvalue weighted by atomic mass is 9.90. The van der Waals surface area contributed by atoms with Crippen molar-refractivity contribution in [3.8, 4) is 0 Å². The smallest absolute Gasteiger partial charge is 0.303 e. The second-order valence-electron chi connectivity index (χ2n) is 13.1. The van der Waals surface area contributed by atoms with Gasteiger partial charge in [-0.3, -0.25) is 19.4 Å². The van der Waals surface area contributed by atoms with Crippen molar-refractivity contribution in [3.63, 3.8) is 0 Å². The highest BCUT2D eigenvalue weighted by atomic mass is 19.3. The van der Waals surface area contributed by atoms with Gasteiger partial charge in [-0.2, -0.15) is 0 Å². The molecule has 0 spiro atoms. The topological polar surface area (TPSA) is 95.8 Å². The van der Waals surface area contributed by atoms with Gasteiger partial charge in [-0.25, -0.2) is 13.2 Å². The number of nitrogens with zero attached hydrogens (tertiary/aromatic N) is 1. The van der Waals surface area contributed by atoms with Gasteiger partial charge in [0.15, 0.2) is 11.6 Å². The van der Waals surface area contributed by atoms with Crippen LogP contribution in [0.1, 0.15) is 155 Å². The number of hydrogen-bond donors (Lipinski definition) is 2. The largest absolute Gasteiger partial charge is 0.481 e. The average Bonchev–Trinajstić information content (AvgIpc) is 3.13. The van der Waals surface area contributed by atoms with Crippen LogP contribution in [-0.4, -0.2) is 40.3 Å². The number of nitrogens with one attached hydrogen (secondary N) is 1. The summed E-state index contributed by atoms with van der Waals surface area (Å²) in [7, 11) is 0. The molecule has 0 aliphatic heterocycles. The molecule has 2 atom stereocenters. The molecule has 0 aliphatic carbocycles. The van der Waals surface area contributed by atoms with Gasteiger partial charge in [-0.1, -0.05) is 103 Å². The fourth-order valence-electron chi connectivity index (χ4n) is 4.93. The summed E-state index contributed by atoms with van der Waals surface area (Å²) in [5.74, 6) is -4.15. The van der Waals surface area contributed by atoms with E-state index in [0.29, 0.717) is 17.1 Å². The van der Waals surface area contributed by atoms with E-state index in [-0.39, 0.29) is 35.7 Å². The summed E-state index contributed by atoms with van der Waals surface area (Å²) in [6.07, 6.45) is 13.5. The Labute approximate surface area is 329 Å². The van der Waals surface area contributed by atoms with Crippen LogP contribution in [0.2, 0.25) is 0 Å². The van der Waals surface area contributed by atoms with Crippen molar-refractivity contribution in [2.45, 2.75) is 147 Å². The van der Waals surface area contributed by atoms with Crippen molar-refractivity contribution in [2.24, 2.45) is 4.99 Å². The Bertz CT molecular complexity index is 1640. The van der Waals surface area contributed by atoms with Gasteiger partial charge < -0.3 is 10.4 Å². The van der Waals surface area contributed by atoms with Gasteiger partial charge in [-0.15, -0.1) is 0 Å². The fourth-order valence-corrected chi connectivity index (χ4v) is 4.93. The number of aliphatic imine (C=N–C) groups is 1. The lowest BCUT2D eigenvalue weighted by molar-refractivity contribution is -0.136. The Kier molecular flexibility index (Phi) is 26.7. The maximum atomic E-state index is 13.8. The van der Waals surface area contributed by atoms with Crippen LogP contribution < -0.4 is 5.32 Å². The van der Waals surface area contributed by atoms with E-state index in [1.54, 1.807) is 33.9 Å². The van der Waals surface area contributed by atoms with E-state index >= 15 is 0 Å². The molecule has 0 fully saturated rings. The van der Waals surface area contributed by atoms with Crippen LogP contribution >= 0.6 is 0 Å². The predicted octanol–water partition coefficient (Wildman–Crippen LogP) is 13.5. The van der Waals surface area contributed by atoms with Crippen LogP contribution in [-0.2, 0) is 9.59 Å². The maximum Gasteiger partial charge on any atom is 0.303 e. The molecule has 2 rings (SSSR count). The quantitative estimate of drug-likeness (QED) is 0.0767. The molecule has 55 heavy (non-hydrogen) atoms. The molecule has 2 unspecified atom stereocenters. The number of carboxylic acids is 1. The first-order valence-corrected chi connectivity index (χ1v) is 19.3. The normalized spacial score (nSPS) is 13.3. The summed E-state index contributed by atoms with van der Waals surface area (Å²) in [4.78, 5) is 38.2. The standard InChI is InChI=1S/C27H37NO.C14H18F3NO.C3H6O2.C2H6/c1-8-13-20(4)16-17-26(22(6)28-18-9-2)27(23(7)29)19-24-14-11-12-15-25(24)21(5)10-3;1-5-12(19)13-8(2)6-10(7-11(13)15)18-9(3)14(4,16)17;1-2-3(4)5;1-2/h9,11-12,14-19,21H,8,10,13H2,1-7H3;6-7,9,18H,5H2,1-4H3;2H2,1H3,(H,4,5);1-2H3/b18-9-,20-16-,26-17+,27-19+,28-22+;;;. The van der Waals surface area contributed by atoms with E-state index in [1.165, 1.54) is 24.1 Å². The number of carbonyl (C=O) groups is 3. The first kappa shape index (κ1) is 52.6. The Morgan fingerprint density at radius 1 is 0.945 bits per heavy atom. The van der Waals surface area contributed by atoms with Crippen molar-refractivity contribution in [2.75, 3.05) is 5.32 Å². The van der Waals surface area contributed by atoms with E-state index in [9.17, 15) is 27.6 Å². The molecule has 0 aliphatic rings. The summed E-state index contributed by atoms with van der Waals surface area (Å²) in [6.45, 7) is 25.2. The zero-order valence-electron chi connectivity index (χ0n) is 35.8. The Morgan fingerprint density at radius 2 is 1.53 bits per heavy atom. The number of rotatable bonds is 16. The molecule has 0 saturated heterocycles. The van der Waals surface area contributed by atoms with E-state index in [1.807, 2.05) is 52.0 Å². The summed E-state index contributed by atoms with van der Waals surface area (Å²) in [5.41, 5.74) is 6.82. The van der Waals surface area contributed by atoms with Gasteiger partial charge in [0.05, 0.1) is 11.6 Å². The van der Waals surface area contributed by atoms with Crippen LogP contribution in [0.15, 0.2) is 82.5 Å². The SMILES string of the molecule is CC.CCC(=O)O.CCC(=O)c1c(C)cc(NC(C)C(C)(F)F)cc1F.C\C=C/N=C(C)/C(=C\C=C(\C)CCC)C(=C/c1ccccc1C(C)CC)/C(C)=O. The van der Waals surface area contributed by atoms with Gasteiger partial charge in [0.1, 0.15) is 5.82 Å². The highest BCUT2D eigenvalue weighted by molar-refractivity contribution is 6.15. The van der Waals surface area contributed by atoms with Gasteiger partial charge in [0.25, 0.3) is 5.92 Å². The number of benzene rings is 2. The summed E-state index contributed by atoms with van der Waals surface area (Å²) >= 11 is 0. The van der Waals surface area contributed by atoms with Crippen molar-refractivity contribution < 1.29 is 32.7 Å². The minimum Gasteiger partial charge on any atom is -0.481 e. The molecular weight excluding hydrogens is 702 g/mol. The van der Waals surface area contributed by atoms with Gasteiger partial charge >= 0.3 is 5.97 Å². The van der Waals surface area contributed by atoms with E-state index < -0.39 is 23.8 Å². The number of alkyl halides is 2. The second kappa shape index (κ2) is 28.0. The monoisotopic (exact) mass is 769 g/mol. The molecule has 0 aromatic heterocycles. The Morgan fingerprint density at radius 3 is 1.98 bits per heavy atom. The molecule has 6 nitrogen and oxygen atoms in total. The van der Waals surface area contributed by atoms with Crippen LogP contribution in [0.5, 0.6) is 0 Å². The Hall–Kier alpha value is -4.53. The molecule has 2 aromatic carbocycles.